The summed E-state index contributed by atoms with van der Waals surface area (Å²) in [5.41, 5.74) is 3.54. The van der Waals surface area contributed by atoms with Gasteiger partial charge in [0.2, 0.25) is 0 Å². The number of hydrogen-bond donors (Lipinski definition) is 1. The van der Waals surface area contributed by atoms with Gasteiger partial charge in [-0.25, -0.2) is 0 Å². The maximum Gasteiger partial charge on any atom is 0.303 e. The minimum absolute atomic E-state index is 0.0181. The molecule has 0 bridgehead atoms. The summed E-state index contributed by atoms with van der Waals surface area (Å²) in [6.07, 6.45) is 0.490. The molecule has 2 heterocycles. The average molecular weight is 313 g/mol. The van der Waals surface area contributed by atoms with Crippen molar-refractivity contribution in [3.8, 4) is 0 Å². The molecule has 0 fully saturated rings. The maximum absolute atomic E-state index is 12.6. The van der Waals surface area contributed by atoms with Crippen LogP contribution < -0.4 is 0 Å². The molecule has 0 spiro atoms. The highest BCUT2D eigenvalue weighted by Crippen LogP contribution is 2.17. The average Bonchev–Trinajstić information content (AvgIpc) is 2.95. The number of carboxylic acid groups (broad SMARTS) is 1. The number of fused-ring (bicyclic) bond motifs is 1. The Kier molecular flexibility index (Phi) is 4.14. The number of nitrogens with zero attached hydrogens (tertiary/aromatic N) is 3. The molecule has 120 valence electrons. The minimum atomic E-state index is -0.827. The maximum atomic E-state index is 12.6. The summed E-state index contributed by atoms with van der Waals surface area (Å²) < 4.78 is 1.87. The van der Waals surface area contributed by atoms with E-state index in [0.717, 1.165) is 17.0 Å². The first-order valence-corrected chi connectivity index (χ1v) is 7.66. The van der Waals surface area contributed by atoms with Crippen molar-refractivity contribution in [1.29, 1.82) is 0 Å². The van der Waals surface area contributed by atoms with Crippen molar-refractivity contribution in [1.82, 2.24) is 14.7 Å². The molecule has 23 heavy (non-hydrogen) atoms. The van der Waals surface area contributed by atoms with Crippen molar-refractivity contribution in [2.45, 2.75) is 32.9 Å². The van der Waals surface area contributed by atoms with Crippen LogP contribution in [0.25, 0.3) is 0 Å². The molecule has 0 saturated heterocycles. The fraction of sp³-hybridized carbons (Fsp3) is 0.353. The molecule has 1 aromatic heterocycles. The zero-order chi connectivity index (χ0) is 16.4. The van der Waals surface area contributed by atoms with Crippen LogP contribution in [0.2, 0.25) is 0 Å². The van der Waals surface area contributed by atoms with Crippen molar-refractivity contribution in [2.75, 3.05) is 6.54 Å². The summed E-state index contributed by atoms with van der Waals surface area (Å²) in [4.78, 5) is 25.0. The van der Waals surface area contributed by atoms with Gasteiger partial charge in [0.25, 0.3) is 5.91 Å². The third-order valence-electron chi connectivity index (χ3n) is 4.03. The third-order valence-corrected chi connectivity index (χ3v) is 4.03. The van der Waals surface area contributed by atoms with Crippen LogP contribution >= 0.6 is 0 Å². The Bertz CT molecular complexity index is 734. The van der Waals surface area contributed by atoms with Crippen LogP contribution in [0.4, 0.5) is 0 Å². The van der Waals surface area contributed by atoms with E-state index in [1.807, 2.05) is 46.8 Å². The monoisotopic (exact) mass is 313 g/mol. The Balaban J connectivity index is 1.71. The molecular weight excluding hydrogens is 294 g/mol. The lowest BCUT2D eigenvalue weighted by Crippen LogP contribution is -2.38. The summed E-state index contributed by atoms with van der Waals surface area (Å²) in [7, 11) is 0. The Morgan fingerprint density at radius 1 is 1.22 bits per heavy atom. The molecule has 1 aromatic carbocycles. The van der Waals surface area contributed by atoms with Gasteiger partial charge in [-0.05, 0) is 25.1 Å². The zero-order valence-electron chi connectivity index (χ0n) is 13.0. The van der Waals surface area contributed by atoms with Gasteiger partial charge in [0.15, 0.2) is 0 Å². The molecule has 0 radical (unpaired) electrons. The van der Waals surface area contributed by atoms with Gasteiger partial charge in [0, 0.05) is 18.5 Å². The van der Waals surface area contributed by atoms with Gasteiger partial charge in [-0.2, -0.15) is 5.10 Å². The van der Waals surface area contributed by atoms with Gasteiger partial charge in [0.1, 0.15) is 0 Å². The zero-order valence-corrected chi connectivity index (χ0v) is 13.0. The summed E-state index contributed by atoms with van der Waals surface area (Å²) in [5.74, 6) is -0.809. The van der Waals surface area contributed by atoms with Crippen LogP contribution in [0.1, 0.15) is 33.7 Å². The molecule has 1 aliphatic heterocycles. The molecule has 0 unspecified atom stereocenters. The van der Waals surface area contributed by atoms with E-state index in [-0.39, 0.29) is 12.3 Å². The number of carbonyl (C=O) groups is 2. The molecule has 3 rings (SSSR count). The highest BCUT2D eigenvalue weighted by atomic mass is 16.4. The highest BCUT2D eigenvalue weighted by molar-refractivity contribution is 5.94. The van der Waals surface area contributed by atoms with Crippen LogP contribution in [0.3, 0.4) is 0 Å². The first-order valence-electron chi connectivity index (χ1n) is 7.66. The Hall–Kier alpha value is -2.63. The van der Waals surface area contributed by atoms with E-state index in [2.05, 4.69) is 5.10 Å². The van der Waals surface area contributed by atoms with Crippen LogP contribution in [0.5, 0.6) is 0 Å². The van der Waals surface area contributed by atoms with Gasteiger partial charge < -0.3 is 10.0 Å². The standard InChI is InChI=1S/C17H19N3O3/c1-12-2-4-13(5-3-12)17(23)19-8-9-20-15(11-19)10-14(18-20)6-7-16(21)22/h2-5,10H,6-9,11H2,1H3,(H,21,22). The van der Waals surface area contributed by atoms with Gasteiger partial charge in [0.05, 0.1) is 30.9 Å². The number of benzene rings is 1. The second kappa shape index (κ2) is 6.24. The largest absolute Gasteiger partial charge is 0.481 e. The van der Waals surface area contributed by atoms with Gasteiger partial charge in [-0.1, -0.05) is 17.7 Å². The smallest absolute Gasteiger partial charge is 0.303 e. The van der Waals surface area contributed by atoms with E-state index >= 15 is 0 Å². The molecule has 1 N–H and O–H groups in total. The number of rotatable bonds is 4. The number of hydrogen-bond acceptors (Lipinski definition) is 3. The molecular formula is C17H19N3O3. The van der Waals surface area contributed by atoms with E-state index < -0.39 is 5.97 Å². The fourth-order valence-electron chi connectivity index (χ4n) is 2.74. The lowest BCUT2D eigenvalue weighted by Gasteiger charge is -2.27. The number of aryl methyl sites for hydroxylation is 2. The topological polar surface area (TPSA) is 75.4 Å². The molecule has 0 atom stereocenters. The number of aromatic nitrogens is 2. The fourth-order valence-corrected chi connectivity index (χ4v) is 2.74. The lowest BCUT2D eigenvalue weighted by molar-refractivity contribution is -0.136. The van der Waals surface area contributed by atoms with Crippen LogP contribution in [-0.2, 0) is 24.3 Å². The molecule has 6 nitrogen and oxygen atoms in total. The van der Waals surface area contributed by atoms with Crippen molar-refractivity contribution < 1.29 is 14.7 Å². The molecule has 1 amide bonds. The SMILES string of the molecule is Cc1ccc(C(=O)N2CCn3nc(CCC(=O)O)cc3C2)cc1. The first kappa shape index (κ1) is 15.3. The Morgan fingerprint density at radius 3 is 2.65 bits per heavy atom. The number of carbonyl (C=O) groups excluding carboxylic acids is 1. The van der Waals surface area contributed by atoms with E-state index in [9.17, 15) is 9.59 Å². The first-order chi connectivity index (χ1) is 11.0. The molecule has 6 heteroatoms. The summed E-state index contributed by atoms with van der Waals surface area (Å²) in [5, 5.41) is 13.2. The lowest BCUT2D eigenvalue weighted by atomic mass is 10.1. The van der Waals surface area contributed by atoms with E-state index in [0.29, 0.717) is 31.6 Å². The van der Waals surface area contributed by atoms with Gasteiger partial charge in [-0.15, -0.1) is 0 Å². The normalized spacial score (nSPS) is 13.7. The molecule has 0 aliphatic carbocycles. The Morgan fingerprint density at radius 2 is 1.96 bits per heavy atom. The van der Waals surface area contributed by atoms with Crippen LogP contribution in [0.15, 0.2) is 30.3 Å². The highest BCUT2D eigenvalue weighted by Gasteiger charge is 2.23. The van der Waals surface area contributed by atoms with Gasteiger partial charge in [-0.3, -0.25) is 14.3 Å². The predicted molar refractivity (Wildman–Crippen MR) is 84.1 cm³/mol. The number of amides is 1. The van der Waals surface area contributed by atoms with Crippen molar-refractivity contribution in [2.24, 2.45) is 0 Å². The summed E-state index contributed by atoms with van der Waals surface area (Å²) in [6.45, 7) is 3.75. The third kappa shape index (κ3) is 3.41. The van der Waals surface area contributed by atoms with E-state index in [1.54, 1.807) is 0 Å². The van der Waals surface area contributed by atoms with Crippen molar-refractivity contribution >= 4 is 11.9 Å². The number of carboxylic acids is 1. The Labute approximate surface area is 134 Å². The molecule has 0 saturated carbocycles. The minimum Gasteiger partial charge on any atom is -0.481 e. The molecule has 2 aromatic rings. The number of aliphatic carboxylic acids is 1. The van der Waals surface area contributed by atoms with Crippen molar-refractivity contribution in [3.05, 3.63) is 52.8 Å². The summed E-state index contributed by atoms with van der Waals surface area (Å²) in [6, 6.07) is 9.47. The van der Waals surface area contributed by atoms with E-state index in [4.69, 9.17) is 5.11 Å². The van der Waals surface area contributed by atoms with Crippen LogP contribution in [-0.4, -0.2) is 38.2 Å². The van der Waals surface area contributed by atoms with Gasteiger partial charge >= 0.3 is 5.97 Å². The predicted octanol–water partition coefficient (Wildman–Crippen LogP) is 1.86. The van der Waals surface area contributed by atoms with Crippen molar-refractivity contribution in [3.63, 3.8) is 0 Å². The van der Waals surface area contributed by atoms with Crippen LogP contribution in [0, 0.1) is 6.92 Å². The molecule has 1 aliphatic rings. The second-order valence-electron chi connectivity index (χ2n) is 5.84. The van der Waals surface area contributed by atoms with E-state index in [1.165, 1.54) is 0 Å². The second-order valence-corrected chi connectivity index (χ2v) is 5.84. The quantitative estimate of drug-likeness (QED) is 0.935. The summed E-state index contributed by atoms with van der Waals surface area (Å²) >= 11 is 0.